The Labute approximate surface area is 151 Å². The van der Waals surface area contributed by atoms with Crippen molar-refractivity contribution in [1.82, 2.24) is 15.3 Å². The predicted molar refractivity (Wildman–Crippen MR) is 98.4 cm³/mol. The molecule has 0 fully saturated rings. The van der Waals surface area contributed by atoms with E-state index in [2.05, 4.69) is 20.6 Å². The second kappa shape index (κ2) is 8.26. The Kier molecular flexibility index (Phi) is 5.59. The van der Waals surface area contributed by atoms with E-state index in [1.54, 1.807) is 24.5 Å². The molecule has 2 heterocycles. The van der Waals surface area contributed by atoms with E-state index < -0.39 is 0 Å². The van der Waals surface area contributed by atoms with Crippen LogP contribution < -0.4 is 10.6 Å². The van der Waals surface area contributed by atoms with Crippen molar-refractivity contribution in [3.63, 3.8) is 0 Å². The lowest BCUT2D eigenvalue weighted by Gasteiger charge is -2.09. The molecular weight excluding hydrogens is 336 g/mol. The van der Waals surface area contributed by atoms with Gasteiger partial charge in [-0.3, -0.25) is 9.78 Å². The number of halogens is 1. The summed E-state index contributed by atoms with van der Waals surface area (Å²) in [5, 5.41) is 6.72. The molecule has 3 rings (SSSR count). The Balaban J connectivity index is 1.61. The van der Waals surface area contributed by atoms with Gasteiger partial charge in [-0.2, -0.15) is 0 Å². The number of benzene rings is 1. The summed E-state index contributed by atoms with van der Waals surface area (Å²) < 4.78 is 0. The number of amides is 1. The van der Waals surface area contributed by atoms with E-state index in [4.69, 9.17) is 11.6 Å². The van der Waals surface area contributed by atoms with Crippen molar-refractivity contribution in [3.05, 3.63) is 88.8 Å². The van der Waals surface area contributed by atoms with Crippen LogP contribution in [-0.4, -0.2) is 15.9 Å². The van der Waals surface area contributed by atoms with E-state index in [1.165, 1.54) is 0 Å². The molecule has 0 unspecified atom stereocenters. The maximum absolute atomic E-state index is 12.3. The maximum Gasteiger partial charge on any atom is 0.251 e. The molecule has 0 radical (unpaired) electrons. The Morgan fingerprint density at radius 1 is 0.960 bits per heavy atom. The minimum atomic E-state index is -0.172. The number of rotatable bonds is 6. The molecule has 0 atom stereocenters. The van der Waals surface area contributed by atoms with Crippen LogP contribution in [0.15, 0.2) is 67.0 Å². The monoisotopic (exact) mass is 352 g/mol. The topological polar surface area (TPSA) is 66.9 Å². The molecule has 0 spiro atoms. The molecule has 0 aliphatic rings. The molecule has 2 N–H and O–H groups in total. The highest BCUT2D eigenvalue weighted by Gasteiger charge is 2.07. The first kappa shape index (κ1) is 16.9. The van der Waals surface area contributed by atoms with Gasteiger partial charge in [0.05, 0.1) is 12.2 Å². The normalized spacial score (nSPS) is 10.3. The lowest BCUT2D eigenvalue weighted by molar-refractivity contribution is 0.0950. The molecular formula is C19H17ClN4O. The zero-order chi connectivity index (χ0) is 17.5. The van der Waals surface area contributed by atoms with Gasteiger partial charge in [-0.1, -0.05) is 35.9 Å². The highest BCUT2D eigenvalue weighted by molar-refractivity contribution is 6.31. The fourth-order valence-corrected chi connectivity index (χ4v) is 2.47. The summed E-state index contributed by atoms with van der Waals surface area (Å²) in [6.07, 6.45) is 3.30. The van der Waals surface area contributed by atoms with Crippen LogP contribution in [0.4, 0.5) is 5.82 Å². The van der Waals surface area contributed by atoms with Gasteiger partial charge in [-0.15, -0.1) is 0 Å². The fraction of sp³-hybridized carbons (Fsp3) is 0.105. The molecule has 3 aromatic rings. The molecule has 1 amide bonds. The minimum absolute atomic E-state index is 0.172. The van der Waals surface area contributed by atoms with Crippen molar-refractivity contribution in [3.8, 4) is 0 Å². The van der Waals surface area contributed by atoms with Crippen LogP contribution in [0, 0.1) is 0 Å². The number of anilines is 1. The van der Waals surface area contributed by atoms with Gasteiger partial charge in [-0.25, -0.2) is 4.98 Å². The molecule has 0 saturated carbocycles. The average molecular weight is 353 g/mol. The Bertz CT molecular complexity index is 855. The van der Waals surface area contributed by atoms with E-state index >= 15 is 0 Å². The van der Waals surface area contributed by atoms with Crippen LogP contribution in [0.3, 0.4) is 0 Å². The van der Waals surface area contributed by atoms with Gasteiger partial charge in [-0.05, 0) is 35.9 Å². The summed E-state index contributed by atoms with van der Waals surface area (Å²) in [5.74, 6) is 0.444. The van der Waals surface area contributed by atoms with Crippen molar-refractivity contribution in [2.24, 2.45) is 0 Å². The van der Waals surface area contributed by atoms with Crippen molar-refractivity contribution in [1.29, 1.82) is 0 Å². The molecule has 5 nitrogen and oxygen atoms in total. The lowest BCUT2D eigenvalue weighted by atomic mass is 10.2. The van der Waals surface area contributed by atoms with Crippen molar-refractivity contribution in [2.75, 3.05) is 5.32 Å². The molecule has 126 valence electrons. The number of carbonyl (C=O) groups is 1. The third-order valence-corrected chi connectivity index (χ3v) is 3.96. The van der Waals surface area contributed by atoms with Crippen molar-refractivity contribution < 1.29 is 4.79 Å². The third kappa shape index (κ3) is 4.78. The smallest absolute Gasteiger partial charge is 0.251 e. The zero-order valence-electron chi connectivity index (χ0n) is 13.4. The van der Waals surface area contributed by atoms with Gasteiger partial charge in [0.1, 0.15) is 5.82 Å². The number of hydrogen-bond acceptors (Lipinski definition) is 4. The predicted octanol–water partition coefficient (Wildman–Crippen LogP) is 3.67. The van der Waals surface area contributed by atoms with Gasteiger partial charge in [0.25, 0.3) is 5.91 Å². The largest absolute Gasteiger partial charge is 0.366 e. The fourth-order valence-electron chi connectivity index (χ4n) is 2.27. The molecule has 6 heteroatoms. The summed E-state index contributed by atoms with van der Waals surface area (Å²) >= 11 is 6.14. The molecule has 0 bridgehead atoms. The van der Waals surface area contributed by atoms with Crippen molar-refractivity contribution in [2.45, 2.75) is 13.1 Å². The van der Waals surface area contributed by atoms with Crippen LogP contribution >= 0.6 is 11.6 Å². The Morgan fingerprint density at radius 3 is 2.60 bits per heavy atom. The van der Waals surface area contributed by atoms with E-state index in [9.17, 15) is 4.79 Å². The van der Waals surface area contributed by atoms with Crippen LogP contribution in [-0.2, 0) is 13.1 Å². The SMILES string of the molecule is O=C(NCc1ccccn1)c1ccnc(NCc2ccccc2Cl)c1. The van der Waals surface area contributed by atoms with E-state index in [-0.39, 0.29) is 5.91 Å². The minimum Gasteiger partial charge on any atom is -0.366 e. The van der Waals surface area contributed by atoms with Crippen LogP contribution in [0.25, 0.3) is 0 Å². The maximum atomic E-state index is 12.3. The molecule has 0 saturated heterocycles. The van der Waals surface area contributed by atoms with Crippen LogP contribution in [0.5, 0.6) is 0 Å². The summed E-state index contributed by atoms with van der Waals surface area (Å²) in [4.78, 5) is 20.7. The summed E-state index contributed by atoms with van der Waals surface area (Å²) in [7, 11) is 0. The lowest BCUT2D eigenvalue weighted by Crippen LogP contribution is -2.23. The molecule has 25 heavy (non-hydrogen) atoms. The average Bonchev–Trinajstić information content (AvgIpc) is 2.66. The van der Waals surface area contributed by atoms with E-state index in [1.807, 2.05) is 42.5 Å². The second-order valence-corrected chi connectivity index (χ2v) is 5.79. The van der Waals surface area contributed by atoms with E-state index in [0.29, 0.717) is 29.5 Å². The van der Waals surface area contributed by atoms with Crippen LogP contribution in [0.2, 0.25) is 5.02 Å². The van der Waals surface area contributed by atoms with Gasteiger partial charge >= 0.3 is 0 Å². The number of pyridine rings is 2. The number of nitrogens with one attached hydrogen (secondary N) is 2. The summed E-state index contributed by atoms with van der Waals surface area (Å²) in [5.41, 5.74) is 2.31. The molecule has 2 aromatic heterocycles. The highest BCUT2D eigenvalue weighted by Crippen LogP contribution is 2.16. The van der Waals surface area contributed by atoms with Gasteiger partial charge in [0, 0.05) is 29.5 Å². The number of aromatic nitrogens is 2. The number of nitrogens with zero attached hydrogens (tertiary/aromatic N) is 2. The third-order valence-electron chi connectivity index (χ3n) is 3.60. The Hall–Kier alpha value is -2.92. The van der Waals surface area contributed by atoms with Crippen molar-refractivity contribution >= 4 is 23.3 Å². The number of hydrogen-bond donors (Lipinski definition) is 2. The number of carbonyl (C=O) groups excluding carboxylic acids is 1. The quantitative estimate of drug-likeness (QED) is 0.710. The molecule has 0 aliphatic carbocycles. The van der Waals surface area contributed by atoms with E-state index in [0.717, 1.165) is 11.3 Å². The summed E-state index contributed by atoms with van der Waals surface area (Å²) in [6.45, 7) is 0.913. The molecule has 0 aliphatic heterocycles. The Morgan fingerprint density at radius 2 is 1.80 bits per heavy atom. The molecule has 1 aromatic carbocycles. The second-order valence-electron chi connectivity index (χ2n) is 5.38. The highest BCUT2D eigenvalue weighted by atomic mass is 35.5. The van der Waals surface area contributed by atoms with Gasteiger partial charge in [0.15, 0.2) is 0 Å². The van der Waals surface area contributed by atoms with Crippen LogP contribution in [0.1, 0.15) is 21.6 Å². The first-order valence-electron chi connectivity index (χ1n) is 7.84. The first-order chi connectivity index (χ1) is 12.2. The van der Waals surface area contributed by atoms with Gasteiger partial charge in [0.2, 0.25) is 0 Å². The standard InChI is InChI=1S/C19H17ClN4O/c20-17-7-2-1-5-15(17)12-23-18-11-14(8-10-22-18)19(25)24-13-16-6-3-4-9-21-16/h1-11H,12-13H2,(H,22,23)(H,24,25). The first-order valence-corrected chi connectivity index (χ1v) is 8.21. The zero-order valence-corrected chi connectivity index (χ0v) is 14.2. The summed E-state index contributed by atoms with van der Waals surface area (Å²) in [6, 6.07) is 16.6. The van der Waals surface area contributed by atoms with Gasteiger partial charge < -0.3 is 10.6 Å².